The second-order valence-electron chi connectivity index (χ2n) is 4.95. The topological polar surface area (TPSA) is 36.4 Å². The molecule has 0 aliphatic heterocycles. The van der Waals surface area contributed by atoms with Crippen LogP contribution in [0.1, 0.15) is 24.1 Å². The third kappa shape index (κ3) is 2.80. The minimum atomic E-state index is -0.0463. The van der Waals surface area contributed by atoms with Crippen LogP contribution >= 0.6 is 0 Å². The average molecular weight is 220 g/mol. The summed E-state index contributed by atoms with van der Waals surface area (Å²) in [4.78, 5) is 6.69. The van der Waals surface area contributed by atoms with Crippen LogP contribution in [0.4, 0.5) is 0 Å². The van der Waals surface area contributed by atoms with Crippen LogP contribution in [-0.4, -0.2) is 34.7 Å². The SMILES string of the molecule is Cc1cccnc1CN(C)CC1CC(O)C1. The van der Waals surface area contributed by atoms with E-state index in [-0.39, 0.29) is 6.10 Å². The minimum Gasteiger partial charge on any atom is -0.393 e. The molecular weight excluding hydrogens is 200 g/mol. The van der Waals surface area contributed by atoms with Gasteiger partial charge in [0.15, 0.2) is 0 Å². The van der Waals surface area contributed by atoms with Gasteiger partial charge in [-0.3, -0.25) is 4.98 Å². The van der Waals surface area contributed by atoms with Crippen molar-refractivity contribution in [1.29, 1.82) is 0 Å². The van der Waals surface area contributed by atoms with Crippen LogP contribution in [0.5, 0.6) is 0 Å². The molecule has 0 saturated heterocycles. The van der Waals surface area contributed by atoms with Crippen molar-refractivity contribution in [2.75, 3.05) is 13.6 Å². The van der Waals surface area contributed by atoms with Crippen molar-refractivity contribution in [3.05, 3.63) is 29.6 Å². The number of aromatic nitrogens is 1. The lowest BCUT2D eigenvalue weighted by Crippen LogP contribution is -2.37. The summed E-state index contributed by atoms with van der Waals surface area (Å²) in [6.07, 6.45) is 3.73. The molecule has 3 heteroatoms. The first kappa shape index (κ1) is 11.6. The van der Waals surface area contributed by atoms with Gasteiger partial charge in [-0.1, -0.05) is 6.07 Å². The van der Waals surface area contributed by atoms with Crippen molar-refractivity contribution in [1.82, 2.24) is 9.88 Å². The Labute approximate surface area is 97.1 Å². The van der Waals surface area contributed by atoms with E-state index < -0.39 is 0 Å². The van der Waals surface area contributed by atoms with E-state index in [0.29, 0.717) is 5.92 Å². The van der Waals surface area contributed by atoms with Crippen molar-refractivity contribution in [2.45, 2.75) is 32.4 Å². The highest BCUT2D eigenvalue weighted by molar-refractivity contribution is 5.17. The van der Waals surface area contributed by atoms with Crippen LogP contribution in [-0.2, 0) is 6.54 Å². The summed E-state index contributed by atoms with van der Waals surface area (Å²) in [7, 11) is 2.12. The van der Waals surface area contributed by atoms with Gasteiger partial charge in [0.1, 0.15) is 0 Å². The van der Waals surface area contributed by atoms with Crippen molar-refractivity contribution in [3.63, 3.8) is 0 Å². The predicted molar refractivity (Wildman–Crippen MR) is 64.0 cm³/mol. The molecule has 2 rings (SSSR count). The normalized spacial score (nSPS) is 24.5. The zero-order valence-corrected chi connectivity index (χ0v) is 10.1. The van der Waals surface area contributed by atoms with E-state index in [0.717, 1.165) is 31.6 Å². The maximum Gasteiger partial charge on any atom is 0.0572 e. The zero-order valence-electron chi connectivity index (χ0n) is 10.1. The third-order valence-electron chi connectivity index (χ3n) is 3.32. The minimum absolute atomic E-state index is 0.0463. The fourth-order valence-electron chi connectivity index (χ4n) is 2.29. The van der Waals surface area contributed by atoms with Crippen molar-refractivity contribution < 1.29 is 5.11 Å². The van der Waals surface area contributed by atoms with Gasteiger partial charge in [0.2, 0.25) is 0 Å². The molecule has 0 unspecified atom stereocenters. The van der Waals surface area contributed by atoms with E-state index in [4.69, 9.17) is 0 Å². The quantitative estimate of drug-likeness (QED) is 0.837. The Morgan fingerprint density at radius 3 is 2.88 bits per heavy atom. The summed E-state index contributed by atoms with van der Waals surface area (Å²) >= 11 is 0. The monoisotopic (exact) mass is 220 g/mol. The van der Waals surface area contributed by atoms with Gasteiger partial charge >= 0.3 is 0 Å². The Bertz CT molecular complexity index is 348. The molecule has 1 heterocycles. The summed E-state index contributed by atoms with van der Waals surface area (Å²) in [6, 6.07) is 4.07. The Morgan fingerprint density at radius 2 is 2.25 bits per heavy atom. The predicted octanol–water partition coefficient (Wildman–Crippen LogP) is 1.59. The molecule has 88 valence electrons. The van der Waals surface area contributed by atoms with Gasteiger partial charge in [0.05, 0.1) is 11.8 Å². The highest BCUT2D eigenvalue weighted by atomic mass is 16.3. The van der Waals surface area contributed by atoms with E-state index in [1.165, 1.54) is 5.56 Å². The molecule has 3 nitrogen and oxygen atoms in total. The maximum atomic E-state index is 9.23. The maximum absolute atomic E-state index is 9.23. The molecule has 0 atom stereocenters. The van der Waals surface area contributed by atoms with E-state index in [2.05, 4.69) is 29.9 Å². The molecular formula is C13H20N2O. The lowest BCUT2D eigenvalue weighted by atomic mass is 9.82. The number of rotatable bonds is 4. The van der Waals surface area contributed by atoms with Crippen LogP contribution in [0.2, 0.25) is 0 Å². The van der Waals surface area contributed by atoms with Crippen LogP contribution in [0.3, 0.4) is 0 Å². The molecule has 0 radical (unpaired) electrons. The van der Waals surface area contributed by atoms with Gasteiger partial charge in [-0.05, 0) is 44.4 Å². The number of pyridine rings is 1. The van der Waals surface area contributed by atoms with Crippen LogP contribution in [0.15, 0.2) is 18.3 Å². The van der Waals surface area contributed by atoms with Gasteiger partial charge in [0, 0.05) is 19.3 Å². The zero-order chi connectivity index (χ0) is 11.5. The summed E-state index contributed by atoms with van der Waals surface area (Å²) in [5, 5.41) is 9.23. The van der Waals surface area contributed by atoms with Crippen molar-refractivity contribution in [3.8, 4) is 0 Å². The highest BCUT2D eigenvalue weighted by Gasteiger charge is 2.27. The Balaban J connectivity index is 1.83. The van der Waals surface area contributed by atoms with E-state index in [1.54, 1.807) is 0 Å². The number of aliphatic hydroxyl groups excluding tert-OH is 1. The van der Waals surface area contributed by atoms with E-state index in [9.17, 15) is 5.11 Å². The molecule has 0 aromatic carbocycles. The molecule has 1 aromatic heterocycles. The van der Waals surface area contributed by atoms with Crippen molar-refractivity contribution >= 4 is 0 Å². The molecule has 0 amide bonds. The molecule has 1 fully saturated rings. The smallest absolute Gasteiger partial charge is 0.0572 e. The average Bonchev–Trinajstić information content (AvgIpc) is 2.19. The summed E-state index contributed by atoms with van der Waals surface area (Å²) in [5.74, 6) is 0.670. The second kappa shape index (κ2) is 4.93. The third-order valence-corrected chi connectivity index (χ3v) is 3.32. The number of aliphatic hydroxyl groups is 1. The fraction of sp³-hybridized carbons (Fsp3) is 0.615. The number of hydrogen-bond donors (Lipinski definition) is 1. The van der Waals surface area contributed by atoms with Crippen molar-refractivity contribution in [2.24, 2.45) is 5.92 Å². The molecule has 1 aromatic rings. The number of aryl methyl sites for hydroxylation is 1. The first-order valence-corrected chi connectivity index (χ1v) is 5.92. The van der Waals surface area contributed by atoms with E-state index >= 15 is 0 Å². The first-order chi connectivity index (χ1) is 7.65. The number of hydrogen-bond acceptors (Lipinski definition) is 3. The van der Waals surface area contributed by atoms with Gasteiger partial charge in [-0.25, -0.2) is 0 Å². The molecule has 1 saturated carbocycles. The summed E-state index contributed by atoms with van der Waals surface area (Å²) < 4.78 is 0. The van der Waals surface area contributed by atoms with Gasteiger partial charge in [0.25, 0.3) is 0 Å². The molecule has 1 N–H and O–H groups in total. The Kier molecular flexibility index (Phi) is 3.56. The fourth-order valence-corrected chi connectivity index (χ4v) is 2.29. The second-order valence-corrected chi connectivity index (χ2v) is 4.95. The molecule has 1 aliphatic carbocycles. The lowest BCUT2D eigenvalue weighted by molar-refractivity contribution is 0.0272. The Morgan fingerprint density at radius 1 is 1.50 bits per heavy atom. The van der Waals surface area contributed by atoms with Crippen LogP contribution in [0, 0.1) is 12.8 Å². The molecule has 0 bridgehead atoms. The first-order valence-electron chi connectivity index (χ1n) is 5.92. The van der Waals surface area contributed by atoms with Crippen LogP contribution < -0.4 is 0 Å². The summed E-state index contributed by atoms with van der Waals surface area (Å²) in [5.41, 5.74) is 2.41. The van der Waals surface area contributed by atoms with Gasteiger partial charge < -0.3 is 10.0 Å². The van der Waals surface area contributed by atoms with Crippen LogP contribution in [0.25, 0.3) is 0 Å². The molecule has 1 aliphatic rings. The highest BCUT2D eigenvalue weighted by Crippen LogP contribution is 2.27. The number of nitrogens with zero attached hydrogens (tertiary/aromatic N) is 2. The Hall–Kier alpha value is -0.930. The summed E-state index contributed by atoms with van der Waals surface area (Å²) in [6.45, 7) is 4.07. The van der Waals surface area contributed by atoms with Gasteiger partial charge in [-0.15, -0.1) is 0 Å². The molecule has 0 spiro atoms. The standard InChI is InChI=1S/C13H20N2O/c1-10-4-3-5-14-13(10)9-15(2)8-11-6-12(16)7-11/h3-5,11-12,16H,6-9H2,1-2H3. The largest absolute Gasteiger partial charge is 0.393 e. The molecule has 16 heavy (non-hydrogen) atoms. The van der Waals surface area contributed by atoms with E-state index in [1.807, 2.05) is 12.3 Å². The lowest BCUT2D eigenvalue weighted by Gasteiger charge is -2.34. The van der Waals surface area contributed by atoms with Gasteiger partial charge in [-0.2, -0.15) is 0 Å².